The summed E-state index contributed by atoms with van der Waals surface area (Å²) in [5.41, 5.74) is 1.01. The molecular formula is C20H28ClNO3. The van der Waals surface area contributed by atoms with Crippen LogP contribution in [0.1, 0.15) is 57.6 Å². The summed E-state index contributed by atoms with van der Waals surface area (Å²) in [7, 11) is 0. The van der Waals surface area contributed by atoms with E-state index in [-0.39, 0.29) is 11.5 Å². The van der Waals surface area contributed by atoms with Crippen LogP contribution in [0.5, 0.6) is 0 Å². The van der Waals surface area contributed by atoms with E-state index in [2.05, 4.69) is 11.9 Å². The Bertz CT molecular complexity index is 638. The van der Waals surface area contributed by atoms with Gasteiger partial charge in [0.2, 0.25) is 0 Å². The third-order valence-electron chi connectivity index (χ3n) is 4.62. The van der Waals surface area contributed by atoms with Gasteiger partial charge in [-0.2, -0.15) is 0 Å². The summed E-state index contributed by atoms with van der Waals surface area (Å²) >= 11 is 6.35. The van der Waals surface area contributed by atoms with Gasteiger partial charge in [0.1, 0.15) is 5.60 Å². The van der Waals surface area contributed by atoms with Crippen molar-refractivity contribution in [2.45, 2.75) is 63.6 Å². The molecule has 1 aromatic carbocycles. The summed E-state index contributed by atoms with van der Waals surface area (Å²) in [6.07, 6.45) is 4.04. The summed E-state index contributed by atoms with van der Waals surface area (Å²) in [4.78, 5) is 12.1. The van der Waals surface area contributed by atoms with Gasteiger partial charge in [-0.3, -0.25) is 0 Å². The van der Waals surface area contributed by atoms with E-state index in [4.69, 9.17) is 16.3 Å². The number of carbonyl (C=O) groups excluding carboxylic acids is 1. The van der Waals surface area contributed by atoms with E-state index in [9.17, 15) is 9.90 Å². The molecule has 1 aromatic rings. The second-order valence-electron chi connectivity index (χ2n) is 7.83. The highest BCUT2D eigenvalue weighted by Gasteiger charge is 2.38. The third-order valence-corrected chi connectivity index (χ3v) is 4.95. The SMILES string of the molecule is C=Cc1ccc([C@]2(CNC(=O)OC(C)(C)C)CCCC(O)C2)cc1Cl. The van der Waals surface area contributed by atoms with Crippen molar-refractivity contribution in [3.05, 3.63) is 40.9 Å². The first kappa shape index (κ1) is 19.8. The minimum absolute atomic E-state index is 0.349. The van der Waals surface area contributed by atoms with Crippen LogP contribution >= 0.6 is 11.6 Å². The smallest absolute Gasteiger partial charge is 0.407 e. The normalized spacial score (nSPS) is 23.8. The molecule has 4 nitrogen and oxygen atoms in total. The van der Waals surface area contributed by atoms with Crippen molar-refractivity contribution in [2.75, 3.05) is 6.54 Å². The fourth-order valence-corrected chi connectivity index (χ4v) is 3.69. The molecule has 1 amide bonds. The number of hydrogen-bond acceptors (Lipinski definition) is 3. The molecule has 1 aliphatic carbocycles. The molecule has 2 atom stereocenters. The Kier molecular flexibility index (Phi) is 6.17. The summed E-state index contributed by atoms with van der Waals surface area (Å²) in [6, 6.07) is 5.87. The summed E-state index contributed by atoms with van der Waals surface area (Å²) < 4.78 is 5.34. The Balaban J connectivity index is 2.24. The second kappa shape index (κ2) is 7.79. The van der Waals surface area contributed by atoms with Crippen LogP contribution in [0.4, 0.5) is 4.79 Å². The second-order valence-corrected chi connectivity index (χ2v) is 8.23. The highest BCUT2D eigenvalue weighted by Crippen LogP contribution is 2.40. The maximum absolute atomic E-state index is 12.1. The Morgan fingerprint density at radius 1 is 1.52 bits per heavy atom. The summed E-state index contributed by atoms with van der Waals surface area (Å²) in [5.74, 6) is 0. The van der Waals surface area contributed by atoms with Crippen LogP contribution in [0.25, 0.3) is 6.08 Å². The average Bonchev–Trinajstić information content (AvgIpc) is 2.51. The predicted molar refractivity (Wildman–Crippen MR) is 102 cm³/mol. The number of hydrogen-bond donors (Lipinski definition) is 2. The quantitative estimate of drug-likeness (QED) is 0.814. The number of halogens is 1. The zero-order valence-corrected chi connectivity index (χ0v) is 16.0. The zero-order chi connectivity index (χ0) is 18.7. The number of rotatable bonds is 4. The largest absolute Gasteiger partial charge is 0.444 e. The molecule has 138 valence electrons. The first-order valence-corrected chi connectivity index (χ1v) is 9.10. The molecule has 25 heavy (non-hydrogen) atoms. The Morgan fingerprint density at radius 2 is 2.24 bits per heavy atom. The lowest BCUT2D eigenvalue weighted by molar-refractivity contribution is 0.0464. The van der Waals surface area contributed by atoms with E-state index in [0.717, 1.165) is 30.4 Å². The molecule has 0 saturated heterocycles. The molecular weight excluding hydrogens is 338 g/mol. The van der Waals surface area contributed by atoms with Crippen molar-refractivity contribution in [1.82, 2.24) is 5.32 Å². The Labute approximate surface area is 155 Å². The van der Waals surface area contributed by atoms with Crippen LogP contribution < -0.4 is 5.32 Å². The molecule has 1 unspecified atom stereocenters. The molecule has 0 spiro atoms. The number of benzene rings is 1. The Hall–Kier alpha value is -1.52. The van der Waals surface area contributed by atoms with E-state index in [1.807, 2.05) is 39.0 Å². The first-order chi connectivity index (χ1) is 11.6. The topological polar surface area (TPSA) is 58.6 Å². The van der Waals surface area contributed by atoms with Crippen LogP contribution in [0.15, 0.2) is 24.8 Å². The van der Waals surface area contributed by atoms with Crippen LogP contribution in [0.3, 0.4) is 0 Å². The van der Waals surface area contributed by atoms with Crippen molar-refractivity contribution in [1.29, 1.82) is 0 Å². The first-order valence-electron chi connectivity index (χ1n) is 8.73. The number of carbonyl (C=O) groups is 1. The van der Waals surface area contributed by atoms with Gasteiger partial charge in [0.25, 0.3) is 0 Å². The Morgan fingerprint density at radius 3 is 2.80 bits per heavy atom. The highest BCUT2D eigenvalue weighted by molar-refractivity contribution is 6.32. The molecule has 1 fully saturated rings. The van der Waals surface area contributed by atoms with E-state index >= 15 is 0 Å². The van der Waals surface area contributed by atoms with Crippen molar-refractivity contribution in [3.63, 3.8) is 0 Å². The number of alkyl carbamates (subject to hydrolysis) is 1. The van der Waals surface area contributed by atoms with Gasteiger partial charge in [-0.25, -0.2) is 4.79 Å². The number of aliphatic hydroxyl groups is 1. The van der Waals surface area contributed by atoms with Gasteiger partial charge >= 0.3 is 6.09 Å². The van der Waals surface area contributed by atoms with Crippen molar-refractivity contribution < 1.29 is 14.6 Å². The minimum atomic E-state index is -0.543. The molecule has 1 saturated carbocycles. The van der Waals surface area contributed by atoms with Crippen LogP contribution in [0.2, 0.25) is 5.02 Å². The van der Waals surface area contributed by atoms with Gasteiger partial charge in [0, 0.05) is 17.0 Å². The monoisotopic (exact) mass is 365 g/mol. The lowest BCUT2D eigenvalue weighted by Gasteiger charge is -2.40. The lowest BCUT2D eigenvalue weighted by Crippen LogP contribution is -2.46. The average molecular weight is 366 g/mol. The van der Waals surface area contributed by atoms with Crippen LogP contribution in [-0.4, -0.2) is 29.4 Å². The summed E-state index contributed by atoms with van der Waals surface area (Å²) in [5, 5.41) is 13.7. The van der Waals surface area contributed by atoms with Gasteiger partial charge in [-0.05, 0) is 63.6 Å². The molecule has 0 aliphatic heterocycles. The zero-order valence-electron chi connectivity index (χ0n) is 15.3. The third kappa shape index (κ3) is 5.23. The van der Waals surface area contributed by atoms with E-state index in [1.165, 1.54) is 0 Å². The fourth-order valence-electron chi connectivity index (χ4n) is 3.43. The van der Waals surface area contributed by atoms with E-state index < -0.39 is 11.7 Å². The molecule has 0 heterocycles. The summed E-state index contributed by atoms with van der Waals surface area (Å²) in [6.45, 7) is 9.67. The molecule has 2 rings (SSSR count). The lowest BCUT2D eigenvalue weighted by atomic mass is 9.68. The van der Waals surface area contributed by atoms with E-state index in [1.54, 1.807) is 6.08 Å². The van der Waals surface area contributed by atoms with Crippen molar-refractivity contribution in [2.24, 2.45) is 0 Å². The van der Waals surface area contributed by atoms with Gasteiger partial charge in [0.15, 0.2) is 0 Å². The fraction of sp³-hybridized carbons (Fsp3) is 0.550. The number of ether oxygens (including phenoxy) is 1. The molecule has 2 N–H and O–H groups in total. The molecule has 0 aromatic heterocycles. The van der Waals surface area contributed by atoms with Crippen LogP contribution in [-0.2, 0) is 10.2 Å². The predicted octanol–water partition coefficient (Wildman–Crippen LogP) is 4.68. The molecule has 1 aliphatic rings. The van der Waals surface area contributed by atoms with E-state index in [0.29, 0.717) is 18.0 Å². The molecule has 5 heteroatoms. The van der Waals surface area contributed by atoms with Gasteiger partial charge in [0.05, 0.1) is 6.10 Å². The maximum Gasteiger partial charge on any atom is 0.407 e. The van der Waals surface area contributed by atoms with Gasteiger partial charge in [-0.15, -0.1) is 0 Å². The van der Waals surface area contributed by atoms with Crippen LogP contribution in [0, 0.1) is 0 Å². The van der Waals surface area contributed by atoms with Crippen molar-refractivity contribution >= 4 is 23.8 Å². The standard InChI is InChI=1S/C20H28ClNO3/c1-5-14-8-9-15(11-17(14)21)20(10-6-7-16(23)12-20)13-22-18(24)25-19(2,3)4/h5,8-9,11,16,23H,1,6-7,10,12-13H2,2-4H3,(H,22,24)/t16?,20-/m1/s1. The van der Waals surface area contributed by atoms with Crippen molar-refractivity contribution in [3.8, 4) is 0 Å². The number of aliphatic hydroxyl groups excluding tert-OH is 1. The number of amides is 1. The minimum Gasteiger partial charge on any atom is -0.444 e. The maximum atomic E-state index is 12.1. The highest BCUT2D eigenvalue weighted by atomic mass is 35.5. The molecule has 0 radical (unpaired) electrons. The van der Waals surface area contributed by atoms with Gasteiger partial charge < -0.3 is 15.2 Å². The number of nitrogens with one attached hydrogen (secondary N) is 1. The molecule has 0 bridgehead atoms. The van der Waals surface area contributed by atoms with Gasteiger partial charge in [-0.1, -0.05) is 36.4 Å².